The van der Waals surface area contributed by atoms with E-state index in [4.69, 9.17) is 0 Å². The highest BCUT2D eigenvalue weighted by atomic mass is 32.1. The van der Waals surface area contributed by atoms with Gasteiger partial charge in [0, 0.05) is 24.4 Å². The summed E-state index contributed by atoms with van der Waals surface area (Å²) in [4.78, 5) is 32.2. The van der Waals surface area contributed by atoms with Gasteiger partial charge in [0.2, 0.25) is 11.8 Å². The number of nitrogens with one attached hydrogen (secondary N) is 1. The van der Waals surface area contributed by atoms with Crippen LogP contribution in [0.15, 0.2) is 0 Å². The van der Waals surface area contributed by atoms with Crippen molar-refractivity contribution in [3.05, 3.63) is 10.6 Å². The molecular formula is C17H25N3O2S. The Kier molecular flexibility index (Phi) is 4.99. The van der Waals surface area contributed by atoms with E-state index in [0.29, 0.717) is 24.0 Å². The predicted octanol–water partition coefficient (Wildman–Crippen LogP) is 2.86. The molecule has 23 heavy (non-hydrogen) atoms. The van der Waals surface area contributed by atoms with Crippen LogP contribution in [0, 0.1) is 11.8 Å². The van der Waals surface area contributed by atoms with Gasteiger partial charge in [0.25, 0.3) is 0 Å². The quantitative estimate of drug-likeness (QED) is 0.861. The van der Waals surface area contributed by atoms with Gasteiger partial charge in [0.05, 0.1) is 11.6 Å². The molecule has 6 heteroatoms. The van der Waals surface area contributed by atoms with Crippen LogP contribution in [0.25, 0.3) is 0 Å². The Balaban J connectivity index is 1.60. The Morgan fingerprint density at radius 1 is 1.35 bits per heavy atom. The number of aromatic nitrogens is 1. The van der Waals surface area contributed by atoms with Gasteiger partial charge >= 0.3 is 0 Å². The highest BCUT2D eigenvalue weighted by Gasteiger charge is 2.34. The fourth-order valence-corrected chi connectivity index (χ4v) is 4.41. The van der Waals surface area contributed by atoms with Crippen molar-refractivity contribution in [3.8, 4) is 0 Å². The third-order valence-electron chi connectivity index (χ3n) is 4.50. The summed E-state index contributed by atoms with van der Waals surface area (Å²) in [6.07, 6.45) is 6.08. The maximum atomic E-state index is 12.4. The molecule has 0 radical (unpaired) electrons. The van der Waals surface area contributed by atoms with Crippen LogP contribution in [0.5, 0.6) is 0 Å². The first-order chi connectivity index (χ1) is 11.0. The molecule has 2 heterocycles. The number of hydrogen-bond acceptors (Lipinski definition) is 4. The molecule has 3 rings (SSSR count). The van der Waals surface area contributed by atoms with Gasteiger partial charge in [-0.05, 0) is 31.6 Å². The van der Waals surface area contributed by atoms with Gasteiger partial charge in [-0.3, -0.25) is 9.59 Å². The van der Waals surface area contributed by atoms with Crippen LogP contribution < -0.4 is 5.32 Å². The van der Waals surface area contributed by atoms with E-state index in [9.17, 15) is 9.59 Å². The Labute approximate surface area is 141 Å². The maximum absolute atomic E-state index is 12.4. The Morgan fingerprint density at radius 3 is 2.91 bits per heavy atom. The zero-order chi connectivity index (χ0) is 16.4. The average molecular weight is 335 g/mol. The first kappa shape index (κ1) is 16.4. The van der Waals surface area contributed by atoms with Gasteiger partial charge < -0.3 is 10.2 Å². The molecule has 1 atom stereocenters. The van der Waals surface area contributed by atoms with Crippen LogP contribution >= 0.6 is 11.3 Å². The molecule has 1 aromatic heterocycles. The molecule has 1 aromatic rings. The number of hydrogen-bond donors (Lipinski definition) is 1. The third kappa shape index (κ3) is 3.91. The lowest BCUT2D eigenvalue weighted by atomic mass is 10.1. The van der Waals surface area contributed by atoms with Gasteiger partial charge in [0.15, 0.2) is 5.13 Å². The van der Waals surface area contributed by atoms with E-state index >= 15 is 0 Å². The fourth-order valence-electron chi connectivity index (χ4n) is 3.35. The number of amides is 2. The minimum atomic E-state index is -0.245. The van der Waals surface area contributed by atoms with Gasteiger partial charge in [-0.15, -0.1) is 11.3 Å². The van der Waals surface area contributed by atoms with Crippen molar-refractivity contribution in [2.45, 2.75) is 52.4 Å². The molecule has 2 amide bonds. The molecule has 0 aromatic carbocycles. The third-order valence-corrected chi connectivity index (χ3v) is 5.57. The van der Waals surface area contributed by atoms with E-state index in [2.05, 4.69) is 24.1 Å². The number of rotatable bonds is 4. The molecule has 5 nitrogen and oxygen atoms in total. The number of thiazole rings is 1. The molecule has 2 aliphatic rings. The topological polar surface area (TPSA) is 62.3 Å². The summed E-state index contributed by atoms with van der Waals surface area (Å²) in [5, 5.41) is 3.65. The van der Waals surface area contributed by atoms with Crippen molar-refractivity contribution in [3.63, 3.8) is 0 Å². The number of carbonyl (C=O) groups is 2. The number of likely N-dealkylation sites (tertiary alicyclic amines) is 1. The molecule has 1 N–H and O–H groups in total. The second kappa shape index (κ2) is 6.99. The second-order valence-corrected chi connectivity index (χ2v) is 8.12. The fraction of sp³-hybridized carbons (Fsp3) is 0.706. The summed E-state index contributed by atoms with van der Waals surface area (Å²) in [5.74, 6) is 0.211. The van der Waals surface area contributed by atoms with E-state index in [-0.39, 0.29) is 17.7 Å². The normalized spacial score (nSPS) is 21.4. The molecule has 126 valence electrons. The smallest absolute Gasteiger partial charge is 0.231 e. The van der Waals surface area contributed by atoms with Gasteiger partial charge in [-0.2, -0.15) is 0 Å². The van der Waals surface area contributed by atoms with Crippen molar-refractivity contribution in [1.82, 2.24) is 9.88 Å². The van der Waals surface area contributed by atoms with E-state index in [0.717, 1.165) is 25.1 Å². The lowest BCUT2D eigenvalue weighted by Gasteiger charge is -2.18. The maximum Gasteiger partial charge on any atom is 0.231 e. The standard InChI is InChI=1S/C17H25N3O2S/c1-11(2)9-20-10-12(8-15(20)21)16(22)19-17-18-13-6-4-3-5-7-14(13)23-17/h11-12H,3-10H2,1-2H3,(H,18,19,22)/t12-/m1/s1. The lowest BCUT2D eigenvalue weighted by Crippen LogP contribution is -2.31. The first-order valence-corrected chi connectivity index (χ1v) is 9.42. The second-order valence-electron chi connectivity index (χ2n) is 7.03. The Morgan fingerprint density at radius 2 is 2.13 bits per heavy atom. The van der Waals surface area contributed by atoms with Crippen LogP contribution in [0.1, 0.15) is 50.1 Å². The predicted molar refractivity (Wildman–Crippen MR) is 91.5 cm³/mol. The van der Waals surface area contributed by atoms with Crippen LogP contribution in [0.4, 0.5) is 5.13 Å². The van der Waals surface area contributed by atoms with E-state index in [1.54, 1.807) is 11.3 Å². The molecule has 1 saturated heterocycles. The minimum absolute atomic E-state index is 0.0616. The first-order valence-electron chi connectivity index (χ1n) is 8.60. The summed E-state index contributed by atoms with van der Waals surface area (Å²) in [6, 6.07) is 0. The summed E-state index contributed by atoms with van der Waals surface area (Å²) in [5.41, 5.74) is 1.16. The Bertz CT molecular complexity index is 573. The highest BCUT2D eigenvalue weighted by Crippen LogP contribution is 2.30. The van der Waals surface area contributed by atoms with E-state index in [1.165, 1.54) is 24.1 Å². The minimum Gasteiger partial charge on any atom is -0.342 e. The summed E-state index contributed by atoms with van der Waals surface area (Å²) in [6.45, 7) is 5.44. The average Bonchev–Trinajstić information content (AvgIpc) is 2.95. The molecule has 0 spiro atoms. The zero-order valence-electron chi connectivity index (χ0n) is 13.9. The number of anilines is 1. The number of carbonyl (C=O) groups excluding carboxylic acids is 2. The highest BCUT2D eigenvalue weighted by molar-refractivity contribution is 7.15. The largest absolute Gasteiger partial charge is 0.342 e. The van der Waals surface area contributed by atoms with Crippen molar-refractivity contribution in [2.24, 2.45) is 11.8 Å². The molecule has 1 aliphatic heterocycles. The number of fused-ring (bicyclic) bond motifs is 1. The molecule has 0 unspecified atom stereocenters. The number of nitrogens with zero attached hydrogens (tertiary/aromatic N) is 2. The SMILES string of the molecule is CC(C)CN1C[C@H](C(=O)Nc2nc3c(s2)CCCCC3)CC1=O. The zero-order valence-corrected chi connectivity index (χ0v) is 14.7. The summed E-state index contributed by atoms with van der Waals surface area (Å²) in [7, 11) is 0. The van der Waals surface area contributed by atoms with Crippen LogP contribution in [0.3, 0.4) is 0 Å². The van der Waals surface area contributed by atoms with Gasteiger partial charge in [0.1, 0.15) is 0 Å². The summed E-state index contributed by atoms with van der Waals surface area (Å²) < 4.78 is 0. The van der Waals surface area contributed by atoms with Gasteiger partial charge in [-0.1, -0.05) is 20.3 Å². The lowest BCUT2D eigenvalue weighted by molar-refractivity contribution is -0.128. The van der Waals surface area contributed by atoms with E-state index in [1.807, 2.05) is 4.90 Å². The molecular weight excluding hydrogens is 310 g/mol. The molecule has 1 aliphatic carbocycles. The van der Waals surface area contributed by atoms with Crippen molar-refractivity contribution in [1.29, 1.82) is 0 Å². The van der Waals surface area contributed by atoms with Crippen LogP contribution in [-0.4, -0.2) is 34.8 Å². The van der Waals surface area contributed by atoms with E-state index < -0.39 is 0 Å². The molecule has 0 saturated carbocycles. The Hall–Kier alpha value is -1.43. The van der Waals surface area contributed by atoms with Crippen LogP contribution in [-0.2, 0) is 22.4 Å². The van der Waals surface area contributed by atoms with Crippen molar-refractivity contribution in [2.75, 3.05) is 18.4 Å². The summed E-state index contributed by atoms with van der Waals surface area (Å²) >= 11 is 1.61. The number of aryl methyl sites for hydroxylation is 2. The van der Waals surface area contributed by atoms with Crippen LogP contribution in [0.2, 0.25) is 0 Å². The van der Waals surface area contributed by atoms with Crippen molar-refractivity contribution < 1.29 is 9.59 Å². The van der Waals surface area contributed by atoms with Gasteiger partial charge in [-0.25, -0.2) is 4.98 Å². The van der Waals surface area contributed by atoms with Crippen molar-refractivity contribution >= 4 is 28.3 Å². The molecule has 1 fully saturated rings. The monoisotopic (exact) mass is 335 g/mol. The molecule has 0 bridgehead atoms.